The Kier molecular flexibility index (Phi) is 4.87. The summed E-state index contributed by atoms with van der Waals surface area (Å²) in [5.74, 6) is 0. The second kappa shape index (κ2) is 5.94. The van der Waals surface area contributed by atoms with E-state index in [0.717, 1.165) is 18.4 Å². The summed E-state index contributed by atoms with van der Waals surface area (Å²) in [4.78, 5) is 0. The van der Waals surface area contributed by atoms with E-state index < -0.39 is 11.0 Å². The first-order chi connectivity index (χ1) is 7.62. The van der Waals surface area contributed by atoms with Gasteiger partial charge >= 0.3 is 0 Å². The molecule has 0 amide bonds. The van der Waals surface area contributed by atoms with Crippen LogP contribution in [0.4, 0.5) is 0 Å². The highest BCUT2D eigenvalue weighted by Gasteiger charge is 2.26. The molecule has 1 atom stereocenters. The molecule has 0 saturated carbocycles. The van der Waals surface area contributed by atoms with Crippen LogP contribution in [0.15, 0.2) is 34.7 Å². The van der Waals surface area contributed by atoms with E-state index >= 15 is 0 Å². The summed E-state index contributed by atoms with van der Waals surface area (Å²) in [6, 6.07) is 9.76. The molecule has 2 nitrogen and oxygen atoms in total. The quantitative estimate of drug-likeness (QED) is 0.722. The van der Waals surface area contributed by atoms with Crippen molar-refractivity contribution in [2.45, 2.75) is 38.4 Å². The van der Waals surface area contributed by atoms with Gasteiger partial charge in [-0.05, 0) is 25.3 Å². The third-order valence-corrected chi connectivity index (χ3v) is 4.73. The van der Waals surface area contributed by atoms with Gasteiger partial charge in [-0.25, -0.2) is 4.21 Å². The molecule has 1 aromatic carbocycles. The monoisotopic (exact) mass is 237 g/mol. The molecule has 3 heteroatoms. The zero-order valence-electron chi connectivity index (χ0n) is 10.1. The minimum absolute atomic E-state index is 0.203. The molecule has 0 aliphatic rings. The highest BCUT2D eigenvalue weighted by atomic mass is 32.2. The van der Waals surface area contributed by atoms with E-state index in [9.17, 15) is 4.21 Å². The van der Waals surface area contributed by atoms with Crippen molar-refractivity contribution in [3.63, 3.8) is 0 Å². The summed E-state index contributed by atoms with van der Waals surface area (Å²) < 4.78 is 16.0. The third-order valence-electron chi connectivity index (χ3n) is 3.01. The Morgan fingerprint density at radius 1 is 1.25 bits per heavy atom. The van der Waals surface area contributed by atoms with Crippen molar-refractivity contribution in [1.29, 1.82) is 0 Å². The summed E-state index contributed by atoms with van der Waals surface area (Å²) in [7, 11) is -1.15. The van der Waals surface area contributed by atoms with Gasteiger partial charge in [0.2, 0.25) is 0 Å². The van der Waals surface area contributed by atoms with E-state index in [-0.39, 0.29) is 4.75 Å². The summed E-state index contributed by atoms with van der Waals surface area (Å²) in [5.41, 5.74) is 0.991. The van der Waals surface area contributed by atoms with Crippen LogP contribution in [0.2, 0.25) is 0 Å². The summed E-state index contributed by atoms with van der Waals surface area (Å²) in [6.07, 6.45) is 3.45. The van der Waals surface area contributed by atoms with Crippen LogP contribution in [-0.2, 0) is 11.0 Å². The molecule has 0 aliphatic carbocycles. The molecule has 0 spiro atoms. The molecule has 1 aromatic rings. The van der Waals surface area contributed by atoms with E-state index in [0.29, 0.717) is 0 Å². The van der Waals surface area contributed by atoms with E-state index in [1.54, 1.807) is 6.21 Å². The van der Waals surface area contributed by atoms with Crippen LogP contribution < -0.4 is 0 Å². The van der Waals surface area contributed by atoms with E-state index in [1.807, 2.05) is 37.3 Å². The predicted molar refractivity (Wildman–Crippen MR) is 71.2 cm³/mol. The molecule has 0 radical (unpaired) electrons. The van der Waals surface area contributed by atoms with Crippen molar-refractivity contribution in [2.75, 3.05) is 0 Å². The Morgan fingerprint density at radius 2 is 1.81 bits per heavy atom. The lowest BCUT2D eigenvalue weighted by atomic mass is 10.1. The lowest BCUT2D eigenvalue weighted by Crippen LogP contribution is -2.27. The van der Waals surface area contributed by atoms with Crippen molar-refractivity contribution in [3.8, 4) is 0 Å². The van der Waals surface area contributed by atoms with Gasteiger partial charge < -0.3 is 0 Å². The van der Waals surface area contributed by atoms with Crippen molar-refractivity contribution < 1.29 is 4.21 Å². The summed E-state index contributed by atoms with van der Waals surface area (Å²) in [5, 5.41) is 0. The number of benzene rings is 1. The second-order valence-electron chi connectivity index (χ2n) is 4.05. The van der Waals surface area contributed by atoms with Gasteiger partial charge in [0, 0.05) is 6.21 Å². The molecule has 0 fully saturated rings. The largest absolute Gasteiger partial charge is 0.234 e. The van der Waals surface area contributed by atoms with Crippen LogP contribution in [0.25, 0.3) is 0 Å². The van der Waals surface area contributed by atoms with Gasteiger partial charge in [-0.3, -0.25) is 0 Å². The predicted octanol–water partition coefficient (Wildman–Crippen LogP) is 3.35. The second-order valence-corrected chi connectivity index (χ2v) is 5.75. The molecule has 0 aliphatic heterocycles. The number of hydrogen-bond donors (Lipinski definition) is 0. The smallest absolute Gasteiger partial charge is 0.145 e. The average Bonchev–Trinajstić information content (AvgIpc) is 2.36. The number of nitrogens with zero attached hydrogens (tertiary/aromatic N) is 1. The van der Waals surface area contributed by atoms with Crippen LogP contribution in [0, 0.1) is 0 Å². The fourth-order valence-corrected chi connectivity index (χ4v) is 2.24. The third kappa shape index (κ3) is 3.27. The zero-order chi connectivity index (χ0) is 12.0. The molecule has 0 saturated heterocycles. The average molecular weight is 237 g/mol. The van der Waals surface area contributed by atoms with Crippen LogP contribution in [0.3, 0.4) is 0 Å². The number of hydrogen-bond acceptors (Lipinski definition) is 1. The van der Waals surface area contributed by atoms with E-state index in [1.165, 1.54) is 0 Å². The normalized spacial score (nSPS) is 14.2. The van der Waals surface area contributed by atoms with Crippen LogP contribution in [0.5, 0.6) is 0 Å². The van der Waals surface area contributed by atoms with Crippen LogP contribution >= 0.6 is 0 Å². The minimum atomic E-state index is -1.15. The Hall–Kier alpha value is -0.960. The van der Waals surface area contributed by atoms with Gasteiger partial charge in [0.1, 0.15) is 11.0 Å². The van der Waals surface area contributed by atoms with Gasteiger partial charge in [0.25, 0.3) is 0 Å². The maximum Gasteiger partial charge on any atom is 0.145 e. The van der Waals surface area contributed by atoms with Gasteiger partial charge in [0.15, 0.2) is 0 Å². The highest BCUT2D eigenvalue weighted by molar-refractivity contribution is 7.85. The molecule has 0 N–H and O–H groups in total. The first kappa shape index (κ1) is 13.1. The zero-order valence-corrected chi connectivity index (χ0v) is 11.0. The molecule has 0 bridgehead atoms. The number of rotatable bonds is 5. The van der Waals surface area contributed by atoms with Crippen molar-refractivity contribution >= 4 is 17.2 Å². The topological polar surface area (TPSA) is 29.4 Å². The Bertz CT molecular complexity index is 369. The van der Waals surface area contributed by atoms with E-state index in [2.05, 4.69) is 18.2 Å². The van der Waals surface area contributed by atoms with Gasteiger partial charge in [0.05, 0.1) is 4.75 Å². The lowest BCUT2D eigenvalue weighted by molar-refractivity contribution is 0.561. The van der Waals surface area contributed by atoms with Crippen molar-refractivity contribution in [3.05, 3.63) is 35.9 Å². The van der Waals surface area contributed by atoms with Crippen molar-refractivity contribution in [1.82, 2.24) is 0 Å². The maximum atomic E-state index is 12.0. The standard InChI is InChI=1S/C13H19NOS/c1-4-13(3,5-2)16(15)14-11-12-9-7-6-8-10-12/h6-11H,4-5H2,1-3H3/b14-11+. The molecule has 1 unspecified atom stereocenters. The lowest BCUT2D eigenvalue weighted by Gasteiger charge is -2.22. The first-order valence-electron chi connectivity index (χ1n) is 5.63. The molecular formula is C13H19NOS. The molecule has 88 valence electrons. The molecule has 1 rings (SSSR count). The fourth-order valence-electron chi connectivity index (χ4n) is 1.27. The van der Waals surface area contributed by atoms with Gasteiger partial charge in [-0.15, -0.1) is 0 Å². The summed E-state index contributed by atoms with van der Waals surface area (Å²) in [6.45, 7) is 6.13. The Labute approximate surface area is 100 Å². The highest BCUT2D eigenvalue weighted by Crippen LogP contribution is 2.23. The molecule has 0 heterocycles. The maximum absolute atomic E-state index is 12.0. The molecular weight excluding hydrogens is 218 g/mol. The summed E-state index contributed by atoms with van der Waals surface area (Å²) >= 11 is 0. The van der Waals surface area contributed by atoms with Crippen LogP contribution in [-0.4, -0.2) is 15.2 Å². The van der Waals surface area contributed by atoms with Gasteiger partial charge in [-0.1, -0.05) is 44.2 Å². The minimum Gasteiger partial charge on any atom is -0.234 e. The van der Waals surface area contributed by atoms with E-state index in [4.69, 9.17) is 0 Å². The van der Waals surface area contributed by atoms with Crippen molar-refractivity contribution in [2.24, 2.45) is 4.40 Å². The molecule has 16 heavy (non-hydrogen) atoms. The Balaban J connectivity index is 2.75. The first-order valence-corrected chi connectivity index (χ1v) is 6.74. The van der Waals surface area contributed by atoms with Crippen LogP contribution in [0.1, 0.15) is 39.2 Å². The Morgan fingerprint density at radius 3 is 2.31 bits per heavy atom. The fraction of sp³-hybridized carbons (Fsp3) is 0.462. The molecule has 0 aromatic heterocycles. The van der Waals surface area contributed by atoms with Gasteiger partial charge in [-0.2, -0.15) is 4.40 Å². The SMILES string of the molecule is CCC(C)(CC)S(=O)/N=C/c1ccccc1.